The molecule has 7 rings (SSSR count). The number of hydrogen-bond donors (Lipinski definition) is 1. The summed E-state index contributed by atoms with van der Waals surface area (Å²) in [7, 11) is 0. The van der Waals surface area contributed by atoms with Crippen LogP contribution in [0.1, 0.15) is 10.4 Å². The molecule has 2 heterocycles. The number of ether oxygens (including phenoxy) is 1. The van der Waals surface area contributed by atoms with E-state index in [0.29, 0.717) is 27.7 Å². The highest BCUT2D eigenvalue weighted by atomic mass is 32.1. The first-order valence-electron chi connectivity index (χ1n) is 15.2. The Morgan fingerprint density at radius 3 is 1.83 bits per heavy atom. The molecule has 0 saturated carbocycles. The fraction of sp³-hybridized carbons (Fsp3) is 0.105. The van der Waals surface area contributed by atoms with Gasteiger partial charge in [-0.2, -0.15) is 0 Å². The number of para-hydroxylation sites is 1. The van der Waals surface area contributed by atoms with E-state index in [1.807, 2.05) is 84.9 Å². The van der Waals surface area contributed by atoms with E-state index in [0.717, 1.165) is 54.2 Å². The van der Waals surface area contributed by atoms with Crippen molar-refractivity contribution in [3.8, 4) is 28.3 Å². The highest BCUT2D eigenvalue weighted by Gasteiger charge is 2.21. The van der Waals surface area contributed by atoms with Gasteiger partial charge in [-0.05, 0) is 66.8 Å². The fourth-order valence-electron chi connectivity index (χ4n) is 5.56. The number of anilines is 2. The van der Waals surface area contributed by atoms with Crippen molar-refractivity contribution in [3.05, 3.63) is 139 Å². The average Bonchev–Trinajstić information content (AvgIpc) is 3.12. The smallest absolute Gasteiger partial charge is 0.264 e. The van der Waals surface area contributed by atoms with Crippen molar-refractivity contribution < 1.29 is 9.53 Å². The largest absolute Gasteiger partial charge is 0.432 e. The third-order valence-corrected chi connectivity index (χ3v) is 8.34. The molecule has 8 heteroatoms. The maximum atomic E-state index is 13.2. The van der Waals surface area contributed by atoms with Gasteiger partial charge < -0.3 is 19.9 Å². The minimum atomic E-state index is -0.234. The Balaban J connectivity index is 1.02. The molecule has 1 aromatic heterocycles. The molecule has 1 aliphatic rings. The van der Waals surface area contributed by atoms with Crippen LogP contribution < -0.4 is 15.0 Å². The van der Waals surface area contributed by atoms with Crippen LogP contribution in [-0.4, -0.2) is 52.1 Å². The van der Waals surface area contributed by atoms with Crippen molar-refractivity contribution in [2.45, 2.75) is 0 Å². The minimum absolute atomic E-state index is 0.234. The number of rotatable bonds is 6. The number of hydrogen-bond acceptors (Lipinski definition) is 6. The molecule has 6 aromatic rings. The van der Waals surface area contributed by atoms with Crippen LogP contribution in [0.25, 0.3) is 33.5 Å². The quantitative estimate of drug-likeness (QED) is 0.191. The molecule has 0 spiro atoms. The molecule has 0 radical (unpaired) electrons. The average molecular weight is 622 g/mol. The maximum Gasteiger partial charge on any atom is 0.264 e. The van der Waals surface area contributed by atoms with Crippen LogP contribution in [0.5, 0.6) is 5.75 Å². The van der Waals surface area contributed by atoms with Crippen molar-refractivity contribution in [1.29, 1.82) is 0 Å². The van der Waals surface area contributed by atoms with Crippen LogP contribution in [0.4, 0.5) is 11.4 Å². The van der Waals surface area contributed by atoms with Crippen LogP contribution >= 0.6 is 12.2 Å². The zero-order valence-electron chi connectivity index (χ0n) is 25.0. The van der Waals surface area contributed by atoms with Crippen molar-refractivity contribution in [3.63, 3.8) is 0 Å². The Morgan fingerprint density at radius 1 is 0.652 bits per heavy atom. The summed E-state index contributed by atoms with van der Waals surface area (Å²) < 4.78 is 5.98. The highest BCUT2D eigenvalue weighted by Crippen LogP contribution is 2.31. The summed E-state index contributed by atoms with van der Waals surface area (Å²) in [5.41, 5.74) is 7.36. The predicted molar refractivity (Wildman–Crippen MR) is 188 cm³/mol. The molecule has 7 nitrogen and oxygen atoms in total. The third-order valence-electron chi connectivity index (χ3n) is 8.00. The van der Waals surface area contributed by atoms with Gasteiger partial charge in [0.1, 0.15) is 5.75 Å². The molecule has 46 heavy (non-hydrogen) atoms. The van der Waals surface area contributed by atoms with E-state index in [9.17, 15) is 4.79 Å². The van der Waals surface area contributed by atoms with Crippen LogP contribution in [0.15, 0.2) is 133 Å². The second kappa shape index (κ2) is 13.2. The van der Waals surface area contributed by atoms with Crippen LogP contribution in [0, 0.1) is 0 Å². The number of nitrogens with zero attached hydrogens (tertiary/aromatic N) is 4. The first-order chi connectivity index (χ1) is 22.6. The number of carbonyl (C=O) groups is 1. The number of carbonyl (C=O) groups excluding carboxylic acids is 1. The minimum Gasteiger partial charge on any atom is -0.432 e. The summed E-state index contributed by atoms with van der Waals surface area (Å²) >= 11 is 5.59. The van der Waals surface area contributed by atoms with E-state index in [-0.39, 0.29) is 5.91 Å². The topological polar surface area (TPSA) is 70.6 Å². The molecule has 0 unspecified atom stereocenters. The predicted octanol–water partition coefficient (Wildman–Crippen LogP) is 7.70. The van der Waals surface area contributed by atoms with Crippen molar-refractivity contribution in [2.75, 3.05) is 36.4 Å². The molecule has 1 aliphatic heterocycles. The SMILES string of the molecule is O=C(Nc1ccc2nc(-c3ccccc3)c(-c3ccccc3)nc2c1)c1ccc(OC(=S)N2CCN(c3ccccc3)CC2)cc1. The lowest BCUT2D eigenvalue weighted by Crippen LogP contribution is -2.49. The van der Waals surface area contributed by atoms with Crippen LogP contribution in [-0.2, 0) is 0 Å². The summed E-state index contributed by atoms with van der Waals surface area (Å²) in [5, 5.41) is 3.44. The molecular weight excluding hydrogens is 591 g/mol. The monoisotopic (exact) mass is 621 g/mol. The Morgan fingerprint density at radius 2 is 1.22 bits per heavy atom. The molecule has 0 bridgehead atoms. The summed E-state index contributed by atoms with van der Waals surface area (Å²) in [6.07, 6.45) is 0. The molecule has 226 valence electrons. The Hall–Kier alpha value is -5.60. The second-order valence-corrected chi connectivity index (χ2v) is 11.4. The standard InChI is InChI=1S/C38H31N5O2S/c44-37(29-16-19-32(20-17-29)45-38(46)43-24-22-42(23-25-43)31-14-8-3-9-15-31)39-30-18-21-33-34(26-30)41-36(28-12-6-2-7-13-28)35(40-33)27-10-4-1-5-11-27/h1-21,26H,22-25H2,(H,39,44). The first-order valence-corrected chi connectivity index (χ1v) is 15.6. The third kappa shape index (κ3) is 6.43. The van der Waals surface area contributed by atoms with Crippen molar-refractivity contribution >= 4 is 45.7 Å². The molecular formula is C38H31N5O2S. The molecule has 0 aliphatic carbocycles. The number of benzene rings is 5. The number of aromatic nitrogens is 2. The van der Waals surface area contributed by atoms with Gasteiger partial charge in [-0.3, -0.25) is 4.79 Å². The Bertz CT molecular complexity index is 1980. The van der Waals surface area contributed by atoms with Gasteiger partial charge in [-0.15, -0.1) is 0 Å². The number of amides is 1. The molecule has 5 aromatic carbocycles. The fourth-order valence-corrected chi connectivity index (χ4v) is 5.83. The molecule has 1 N–H and O–H groups in total. The molecule has 1 saturated heterocycles. The highest BCUT2D eigenvalue weighted by molar-refractivity contribution is 7.80. The van der Waals surface area contributed by atoms with Gasteiger partial charge in [0.05, 0.1) is 22.4 Å². The van der Waals surface area contributed by atoms with Gasteiger partial charge in [-0.25, -0.2) is 9.97 Å². The molecule has 1 fully saturated rings. The van der Waals surface area contributed by atoms with Gasteiger partial charge in [0, 0.05) is 54.2 Å². The molecule has 1 amide bonds. The summed E-state index contributed by atoms with van der Waals surface area (Å²) in [6, 6.07) is 43.0. The van der Waals surface area contributed by atoms with Crippen LogP contribution in [0.3, 0.4) is 0 Å². The van der Waals surface area contributed by atoms with E-state index >= 15 is 0 Å². The lowest BCUT2D eigenvalue weighted by atomic mass is 10.0. The number of thiocarbonyl (C=S) groups is 1. The molecule has 0 atom stereocenters. The normalized spacial score (nSPS) is 13.0. The summed E-state index contributed by atoms with van der Waals surface area (Å²) in [5.74, 6) is 0.360. The van der Waals surface area contributed by atoms with Gasteiger partial charge >= 0.3 is 0 Å². The Kier molecular flexibility index (Phi) is 8.34. The zero-order chi connectivity index (χ0) is 31.3. The lowest BCUT2D eigenvalue weighted by Gasteiger charge is -2.36. The van der Waals surface area contributed by atoms with Crippen molar-refractivity contribution in [2.24, 2.45) is 0 Å². The maximum absolute atomic E-state index is 13.2. The van der Waals surface area contributed by atoms with E-state index < -0.39 is 0 Å². The number of nitrogens with one attached hydrogen (secondary N) is 1. The van der Waals surface area contributed by atoms with E-state index in [1.54, 1.807) is 24.3 Å². The van der Waals surface area contributed by atoms with Crippen LogP contribution in [0.2, 0.25) is 0 Å². The van der Waals surface area contributed by atoms with Gasteiger partial charge in [0.25, 0.3) is 11.1 Å². The summed E-state index contributed by atoms with van der Waals surface area (Å²) in [4.78, 5) is 27.6. The van der Waals surface area contributed by atoms with Gasteiger partial charge in [0.15, 0.2) is 0 Å². The van der Waals surface area contributed by atoms with Crippen molar-refractivity contribution in [1.82, 2.24) is 14.9 Å². The van der Waals surface area contributed by atoms with E-state index in [1.165, 1.54) is 5.69 Å². The Labute approximate surface area is 273 Å². The van der Waals surface area contributed by atoms with E-state index in [2.05, 4.69) is 39.4 Å². The zero-order valence-corrected chi connectivity index (χ0v) is 25.9. The van der Waals surface area contributed by atoms with Gasteiger partial charge in [-0.1, -0.05) is 78.9 Å². The van der Waals surface area contributed by atoms with Gasteiger partial charge in [0.2, 0.25) is 0 Å². The van der Waals surface area contributed by atoms with E-state index in [4.69, 9.17) is 26.9 Å². The second-order valence-electron chi connectivity index (χ2n) is 11.0. The number of piperazine rings is 1. The first kappa shape index (κ1) is 29.1. The summed E-state index contributed by atoms with van der Waals surface area (Å²) in [6.45, 7) is 3.30. The number of fused-ring (bicyclic) bond motifs is 1. The lowest BCUT2D eigenvalue weighted by molar-refractivity contribution is 0.102.